The molecular formula is C17H17F3N2. The molecule has 0 bridgehead atoms. The molecule has 1 heterocycles. The molecule has 0 aliphatic carbocycles. The first-order chi connectivity index (χ1) is 10.3. The van der Waals surface area contributed by atoms with Crippen LogP contribution in [0.4, 0.5) is 13.2 Å². The predicted molar refractivity (Wildman–Crippen MR) is 82.3 cm³/mol. The fraction of sp³-hybridized carbons (Fsp3) is 0.235. The maximum atomic E-state index is 12.9. The van der Waals surface area contributed by atoms with Gasteiger partial charge in [-0.2, -0.15) is 13.2 Å². The number of hydrogen-bond acceptors (Lipinski definition) is 1. The maximum absolute atomic E-state index is 12.9. The van der Waals surface area contributed by atoms with E-state index in [1.807, 2.05) is 31.2 Å². The van der Waals surface area contributed by atoms with Crippen molar-refractivity contribution >= 4 is 6.08 Å². The van der Waals surface area contributed by atoms with E-state index in [4.69, 9.17) is 0 Å². The van der Waals surface area contributed by atoms with Crippen molar-refractivity contribution in [2.75, 3.05) is 0 Å². The number of aromatic nitrogens is 2. The van der Waals surface area contributed by atoms with Crippen molar-refractivity contribution in [2.45, 2.75) is 20.0 Å². The number of allylic oxidation sites excluding steroid dienone is 2. The molecule has 22 heavy (non-hydrogen) atoms. The predicted octanol–water partition coefficient (Wildman–Crippen LogP) is 4.84. The van der Waals surface area contributed by atoms with Crippen molar-refractivity contribution in [3.8, 4) is 11.4 Å². The molecule has 0 aliphatic rings. The van der Waals surface area contributed by atoms with Crippen LogP contribution in [0, 0.1) is 13.8 Å². The number of halogens is 3. The second-order valence-corrected chi connectivity index (χ2v) is 5.08. The Hall–Kier alpha value is -2.30. The molecule has 116 valence electrons. The molecule has 2 aromatic rings. The van der Waals surface area contributed by atoms with Crippen LogP contribution in [0.2, 0.25) is 0 Å². The van der Waals surface area contributed by atoms with Crippen LogP contribution in [0.3, 0.4) is 0 Å². The van der Waals surface area contributed by atoms with Gasteiger partial charge >= 0.3 is 6.18 Å². The van der Waals surface area contributed by atoms with E-state index in [0.29, 0.717) is 17.2 Å². The molecule has 1 aromatic heterocycles. The van der Waals surface area contributed by atoms with Gasteiger partial charge in [-0.3, -0.25) is 0 Å². The van der Waals surface area contributed by atoms with Gasteiger partial charge in [0.2, 0.25) is 0 Å². The Morgan fingerprint density at radius 2 is 1.86 bits per heavy atom. The zero-order valence-electron chi connectivity index (χ0n) is 12.7. The lowest BCUT2D eigenvalue weighted by Crippen LogP contribution is -2.09. The molecule has 0 radical (unpaired) electrons. The van der Waals surface area contributed by atoms with Crippen LogP contribution in [0.15, 0.2) is 42.5 Å². The van der Waals surface area contributed by atoms with Crippen molar-refractivity contribution < 1.29 is 13.2 Å². The zero-order chi connectivity index (χ0) is 16.5. The molecule has 0 amide bonds. The standard InChI is InChI=1S/C17H17F3N2/c1-5-13(17(18,19)20)10-15-12(3)22(4)16(21-15)14-9-7-6-8-11(14)2/h5-10H,1H2,2-4H3/b13-10+. The summed E-state index contributed by atoms with van der Waals surface area (Å²) >= 11 is 0. The highest BCUT2D eigenvalue weighted by Crippen LogP contribution is 2.30. The van der Waals surface area contributed by atoms with E-state index in [2.05, 4.69) is 11.6 Å². The second-order valence-electron chi connectivity index (χ2n) is 5.08. The third kappa shape index (κ3) is 2.98. The molecule has 2 rings (SSSR count). The number of nitrogens with zero attached hydrogens (tertiary/aromatic N) is 2. The van der Waals surface area contributed by atoms with Crippen LogP contribution in [-0.4, -0.2) is 15.7 Å². The summed E-state index contributed by atoms with van der Waals surface area (Å²) in [4.78, 5) is 4.38. The fourth-order valence-electron chi connectivity index (χ4n) is 2.21. The van der Waals surface area contributed by atoms with Crippen LogP contribution < -0.4 is 0 Å². The summed E-state index contributed by atoms with van der Waals surface area (Å²) in [6.45, 7) is 6.92. The number of benzene rings is 1. The van der Waals surface area contributed by atoms with Crippen LogP contribution in [-0.2, 0) is 7.05 Å². The number of aryl methyl sites for hydroxylation is 1. The van der Waals surface area contributed by atoms with E-state index in [1.165, 1.54) is 0 Å². The fourth-order valence-corrected chi connectivity index (χ4v) is 2.21. The number of hydrogen-bond donors (Lipinski definition) is 0. The van der Waals surface area contributed by atoms with Gasteiger partial charge in [0.05, 0.1) is 11.3 Å². The van der Waals surface area contributed by atoms with Gasteiger partial charge in [0.1, 0.15) is 5.82 Å². The lowest BCUT2D eigenvalue weighted by Gasteiger charge is -2.06. The summed E-state index contributed by atoms with van der Waals surface area (Å²) in [5, 5.41) is 0. The summed E-state index contributed by atoms with van der Waals surface area (Å²) in [5.41, 5.74) is 2.09. The highest BCUT2D eigenvalue weighted by molar-refractivity contribution is 5.65. The lowest BCUT2D eigenvalue weighted by molar-refractivity contribution is -0.0872. The van der Waals surface area contributed by atoms with Gasteiger partial charge in [0.25, 0.3) is 0 Å². The van der Waals surface area contributed by atoms with Gasteiger partial charge in [-0.25, -0.2) is 4.98 Å². The number of rotatable bonds is 3. The summed E-state index contributed by atoms with van der Waals surface area (Å²) < 4.78 is 40.4. The molecule has 0 fully saturated rings. The molecule has 0 spiro atoms. The minimum Gasteiger partial charge on any atom is -0.331 e. The van der Waals surface area contributed by atoms with Crippen LogP contribution in [0.1, 0.15) is 17.0 Å². The van der Waals surface area contributed by atoms with Crippen molar-refractivity contribution in [3.63, 3.8) is 0 Å². The monoisotopic (exact) mass is 306 g/mol. The molecule has 0 atom stereocenters. The largest absolute Gasteiger partial charge is 0.416 e. The Labute approximate surface area is 127 Å². The van der Waals surface area contributed by atoms with Gasteiger partial charge in [-0.15, -0.1) is 0 Å². The van der Waals surface area contributed by atoms with Crippen molar-refractivity contribution in [1.29, 1.82) is 0 Å². The summed E-state index contributed by atoms with van der Waals surface area (Å²) in [6, 6.07) is 7.64. The number of imidazole rings is 1. The maximum Gasteiger partial charge on any atom is 0.416 e. The first kappa shape index (κ1) is 16.1. The Morgan fingerprint density at radius 3 is 2.41 bits per heavy atom. The van der Waals surface area contributed by atoms with Gasteiger partial charge < -0.3 is 4.57 Å². The minimum atomic E-state index is -4.44. The molecule has 5 heteroatoms. The molecule has 0 saturated heterocycles. The quantitative estimate of drug-likeness (QED) is 0.742. The van der Waals surface area contributed by atoms with Gasteiger partial charge in [-0.05, 0) is 25.5 Å². The second kappa shape index (κ2) is 5.83. The molecule has 2 nitrogen and oxygen atoms in total. The molecule has 0 unspecified atom stereocenters. The Balaban J connectivity index is 2.59. The normalized spacial score (nSPS) is 12.5. The minimum absolute atomic E-state index is 0.299. The van der Waals surface area contributed by atoms with Crippen molar-refractivity contribution in [3.05, 3.63) is 59.4 Å². The zero-order valence-corrected chi connectivity index (χ0v) is 12.7. The summed E-state index contributed by atoms with van der Waals surface area (Å²) in [5.74, 6) is 0.646. The van der Waals surface area contributed by atoms with E-state index >= 15 is 0 Å². The van der Waals surface area contributed by atoms with Crippen LogP contribution >= 0.6 is 0 Å². The topological polar surface area (TPSA) is 17.8 Å². The third-order valence-electron chi connectivity index (χ3n) is 3.64. The highest BCUT2D eigenvalue weighted by Gasteiger charge is 2.31. The molecule has 0 saturated carbocycles. The Bertz CT molecular complexity index is 737. The Morgan fingerprint density at radius 1 is 1.23 bits per heavy atom. The molecular weight excluding hydrogens is 289 g/mol. The van der Waals surface area contributed by atoms with Gasteiger partial charge in [0.15, 0.2) is 0 Å². The molecule has 0 aliphatic heterocycles. The van der Waals surface area contributed by atoms with Gasteiger partial charge in [-0.1, -0.05) is 36.9 Å². The van der Waals surface area contributed by atoms with Gasteiger partial charge in [0, 0.05) is 18.3 Å². The molecule has 1 aromatic carbocycles. The van der Waals surface area contributed by atoms with Crippen LogP contribution in [0.5, 0.6) is 0 Å². The average molecular weight is 306 g/mol. The van der Waals surface area contributed by atoms with E-state index in [9.17, 15) is 13.2 Å². The third-order valence-corrected chi connectivity index (χ3v) is 3.64. The molecule has 0 N–H and O–H groups in total. The summed E-state index contributed by atoms with van der Waals surface area (Å²) in [7, 11) is 1.79. The van der Waals surface area contributed by atoms with Crippen molar-refractivity contribution in [2.24, 2.45) is 7.05 Å². The first-order valence-electron chi connectivity index (χ1n) is 6.76. The van der Waals surface area contributed by atoms with Crippen LogP contribution in [0.25, 0.3) is 17.5 Å². The van der Waals surface area contributed by atoms with E-state index < -0.39 is 11.7 Å². The average Bonchev–Trinajstić information content (AvgIpc) is 2.72. The SMILES string of the molecule is C=C/C(=C\c1nc(-c2ccccc2C)n(C)c1C)C(F)(F)F. The first-order valence-corrected chi connectivity index (χ1v) is 6.76. The highest BCUT2D eigenvalue weighted by atomic mass is 19.4. The number of alkyl halides is 3. The Kier molecular flexibility index (Phi) is 4.26. The van der Waals surface area contributed by atoms with Crippen molar-refractivity contribution in [1.82, 2.24) is 9.55 Å². The van der Waals surface area contributed by atoms with E-state index in [1.54, 1.807) is 18.5 Å². The smallest absolute Gasteiger partial charge is 0.331 e. The van der Waals surface area contributed by atoms with E-state index in [-0.39, 0.29) is 0 Å². The summed E-state index contributed by atoms with van der Waals surface area (Å²) in [6.07, 6.45) is -2.60. The lowest BCUT2D eigenvalue weighted by atomic mass is 10.1. The van der Waals surface area contributed by atoms with E-state index in [0.717, 1.165) is 23.3 Å².